The third kappa shape index (κ3) is 10.8. The number of amides is 1. The molecule has 8 nitrogen and oxygen atoms in total. The summed E-state index contributed by atoms with van der Waals surface area (Å²) in [4.78, 5) is 24.0. The van der Waals surface area contributed by atoms with Gasteiger partial charge >= 0.3 is 5.97 Å². The Hall–Kier alpha value is -2.52. The Balaban J connectivity index is 2.01. The van der Waals surface area contributed by atoms with Gasteiger partial charge in [-0.3, -0.25) is 9.59 Å². The van der Waals surface area contributed by atoms with Crippen molar-refractivity contribution in [3.05, 3.63) is 60.2 Å². The van der Waals surface area contributed by atoms with Gasteiger partial charge in [-0.2, -0.15) is 0 Å². The van der Waals surface area contributed by atoms with Gasteiger partial charge in [-0.1, -0.05) is 54.6 Å². The van der Waals surface area contributed by atoms with Gasteiger partial charge in [-0.25, -0.2) is 0 Å². The number of aliphatic hydroxyl groups is 4. The first kappa shape index (κ1) is 30.7. The molecular weight excluding hydrogens is 474 g/mol. The van der Waals surface area contributed by atoms with Gasteiger partial charge in [0.05, 0.1) is 25.4 Å². The molecule has 0 radical (unpaired) electrons. The van der Waals surface area contributed by atoms with E-state index >= 15 is 0 Å². The molecule has 5 N–H and O–H groups in total. The van der Waals surface area contributed by atoms with Gasteiger partial charge in [-0.15, -0.1) is 0 Å². The molecule has 1 aliphatic carbocycles. The topological polar surface area (TPSA) is 136 Å². The normalized spacial score (nSPS) is 22.6. The summed E-state index contributed by atoms with van der Waals surface area (Å²) in [6.07, 6.45) is 9.42. The van der Waals surface area contributed by atoms with Crippen LogP contribution in [0, 0.1) is 17.8 Å². The zero-order valence-electron chi connectivity index (χ0n) is 21.7. The van der Waals surface area contributed by atoms with E-state index in [0.29, 0.717) is 25.8 Å². The monoisotopic (exact) mass is 517 g/mol. The molecule has 0 aromatic heterocycles. The van der Waals surface area contributed by atoms with Crippen molar-refractivity contribution in [3.63, 3.8) is 0 Å². The highest BCUT2D eigenvalue weighted by Gasteiger charge is 2.43. The Morgan fingerprint density at radius 2 is 1.89 bits per heavy atom. The van der Waals surface area contributed by atoms with Crippen LogP contribution in [0.5, 0.6) is 0 Å². The fourth-order valence-electron chi connectivity index (χ4n) is 4.62. The van der Waals surface area contributed by atoms with Crippen LogP contribution in [0.3, 0.4) is 0 Å². The quantitative estimate of drug-likeness (QED) is 0.129. The minimum absolute atomic E-state index is 0.0279. The minimum atomic E-state index is -1.02. The van der Waals surface area contributed by atoms with Crippen LogP contribution in [0.1, 0.15) is 51.0 Å². The molecule has 0 saturated heterocycles. The third-order valence-electron chi connectivity index (χ3n) is 6.78. The first-order chi connectivity index (χ1) is 17.9. The zero-order chi connectivity index (χ0) is 27.0. The number of ether oxygens (including phenoxy) is 1. The summed E-state index contributed by atoms with van der Waals surface area (Å²) in [6.45, 7) is 1.46. The van der Waals surface area contributed by atoms with E-state index in [2.05, 4.69) is 5.32 Å². The van der Waals surface area contributed by atoms with Crippen LogP contribution in [0.25, 0.3) is 0 Å². The number of hydrogen-bond donors (Lipinski definition) is 5. The molecule has 8 heteroatoms. The smallest absolute Gasteiger partial charge is 0.313 e. The molecular formula is C29H43NO7. The molecule has 0 bridgehead atoms. The number of benzene rings is 1. The second kappa shape index (κ2) is 17.1. The summed E-state index contributed by atoms with van der Waals surface area (Å²) in [6, 6.07) is 9.90. The van der Waals surface area contributed by atoms with Crippen molar-refractivity contribution in [2.24, 2.45) is 17.8 Å². The van der Waals surface area contributed by atoms with E-state index in [1.807, 2.05) is 55.5 Å². The van der Waals surface area contributed by atoms with Gasteiger partial charge in [0.2, 0.25) is 5.91 Å². The first-order valence-electron chi connectivity index (χ1n) is 13.3. The van der Waals surface area contributed by atoms with Crippen LogP contribution in [-0.4, -0.2) is 70.4 Å². The van der Waals surface area contributed by atoms with Crippen LogP contribution in [0.4, 0.5) is 0 Å². The van der Waals surface area contributed by atoms with Gasteiger partial charge in [-0.05, 0) is 44.6 Å². The van der Waals surface area contributed by atoms with Gasteiger partial charge in [0.25, 0.3) is 0 Å². The number of unbranched alkanes of at least 4 members (excludes halogenated alkanes) is 1. The summed E-state index contributed by atoms with van der Waals surface area (Å²) in [5.41, 5.74) is 1.14. The number of nitrogens with one attached hydrogen (secondary N) is 1. The van der Waals surface area contributed by atoms with Crippen molar-refractivity contribution in [1.82, 2.24) is 5.32 Å². The minimum Gasteiger partial charge on any atom is -0.462 e. The summed E-state index contributed by atoms with van der Waals surface area (Å²) in [7, 11) is 0. The van der Waals surface area contributed by atoms with Crippen LogP contribution in [0.2, 0.25) is 0 Å². The van der Waals surface area contributed by atoms with E-state index in [1.165, 1.54) is 0 Å². The van der Waals surface area contributed by atoms with Crippen molar-refractivity contribution in [2.45, 2.75) is 70.2 Å². The SMILES string of the molecule is CCNC(=O)CCC/C=C\C[C@@H]1[C@@H](/C=C/[C@@H](O)CCc2ccccc2)[C@H](O)C[C@@H]1OC(=O)C(CO)CO. The molecule has 1 aliphatic rings. The van der Waals surface area contributed by atoms with Crippen LogP contribution < -0.4 is 5.32 Å². The molecule has 0 unspecified atom stereocenters. The molecule has 0 heterocycles. The maximum Gasteiger partial charge on any atom is 0.313 e. The Bertz CT molecular complexity index is 853. The molecule has 0 aliphatic heterocycles. The summed E-state index contributed by atoms with van der Waals surface area (Å²) in [5, 5.41) is 42.7. The molecule has 206 valence electrons. The zero-order valence-corrected chi connectivity index (χ0v) is 21.7. The summed E-state index contributed by atoms with van der Waals surface area (Å²) in [5.74, 6) is -2.23. The van der Waals surface area contributed by atoms with Gasteiger partial charge in [0, 0.05) is 31.2 Å². The molecule has 1 aromatic carbocycles. The molecule has 1 saturated carbocycles. The molecule has 1 aromatic rings. The maximum absolute atomic E-state index is 12.4. The fourth-order valence-corrected chi connectivity index (χ4v) is 4.62. The largest absolute Gasteiger partial charge is 0.462 e. The number of rotatable bonds is 16. The van der Waals surface area contributed by atoms with Crippen molar-refractivity contribution < 1.29 is 34.8 Å². The van der Waals surface area contributed by atoms with Crippen LogP contribution in [0.15, 0.2) is 54.6 Å². The highest BCUT2D eigenvalue weighted by molar-refractivity contribution is 5.75. The summed E-state index contributed by atoms with van der Waals surface area (Å²) >= 11 is 0. The van der Waals surface area contributed by atoms with Crippen molar-refractivity contribution in [3.8, 4) is 0 Å². The van der Waals surface area contributed by atoms with Crippen molar-refractivity contribution in [2.75, 3.05) is 19.8 Å². The van der Waals surface area contributed by atoms with Gasteiger partial charge < -0.3 is 30.5 Å². The first-order valence-corrected chi connectivity index (χ1v) is 13.3. The Morgan fingerprint density at radius 1 is 1.16 bits per heavy atom. The van der Waals surface area contributed by atoms with Crippen molar-refractivity contribution in [1.29, 1.82) is 0 Å². The average molecular weight is 518 g/mol. The second-order valence-electron chi connectivity index (χ2n) is 9.61. The van der Waals surface area contributed by atoms with E-state index in [9.17, 15) is 30.0 Å². The Morgan fingerprint density at radius 3 is 2.57 bits per heavy atom. The number of carbonyl (C=O) groups is 2. The van der Waals surface area contributed by atoms with E-state index in [-0.39, 0.29) is 24.2 Å². The Kier molecular flexibility index (Phi) is 14.2. The van der Waals surface area contributed by atoms with E-state index in [1.54, 1.807) is 6.08 Å². The van der Waals surface area contributed by atoms with Gasteiger partial charge in [0.15, 0.2) is 0 Å². The molecule has 1 fully saturated rings. The number of hydrogen-bond acceptors (Lipinski definition) is 7. The molecule has 1 amide bonds. The molecule has 5 atom stereocenters. The maximum atomic E-state index is 12.4. The number of aryl methyl sites for hydroxylation is 1. The molecule has 37 heavy (non-hydrogen) atoms. The number of aliphatic hydroxyl groups excluding tert-OH is 4. The Labute approximate surface area is 220 Å². The second-order valence-corrected chi connectivity index (χ2v) is 9.61. The average Bonchev–Trinajstić information content (AvgIpc) is 3.18. The predicted molar refractivity (Wildman–Crippen MR) is 141 cm³/mol. The van der Waals surface area contributed by atoms with E-state index in [4.69, 9.17) is 4.74 Å². The predicted octanol–water partition coefficient (Wildman–Crippen LogP) is 2.30. The third-order valence-corrected chi connectivity index (χ3v) is 6.78. The highest BCUT2D eigenvalue weighted by Crippen LogP contribution is 2.38. The lowest BCUT2D eigenvalue weighted by molar-refractivity contribution is -0.159. The lowest BCUT2D eigenvalue weighted by Crippen LogP contribution is -2.31. The van der Waals surface area contributed by atoms with E-state index < -0.39 is 43.4 Å². The van der Waals surface area contributed by atoms with Crippen LogP contribution in [-0.2, 0) is 20.7 Å². The highest BCUT2D eigenvalue weighted by atomic mass is 16.5. The lowest BCUT2D eigenvalue weighted by Gasteiger charge is -2.24. The fraction of sp³-hybridized carbons (Fsp3) is 0.586. The van der Waals surface area contributed by atoms with Gasteiger partial charge in [0.1, 0.15) is 12.0 Å². The summed E-state index contributed by atoms with van der Waals surface area (Å²) < 4.78 is 5.62. The van der Waals surface area contributed by atoms with Crippen LogP contribution >= 0.6 is 0 Å². The van der Waals surface area contributed by atoms with E-state index in [0.717, 1.165) is 24.8 Å². The number of esters is 1. The molecule has 2 rings (SSSR count). The molecule has 0 spiro atoms. The lowest BCUT2D eigenvalue weighted by atomic mass is 9.89. The number of carbonyl (C=O) groups excluding carboxylic acids is 2. The van der Waals surface area contributed by atoms with Crippen molar-refractivity contribution >= 4 is 11.9 Å². The standard InChI is InChI=1S/C29H43NO7/c1-2-30-28(35)13-9-4-3-8-12-25-24(17-16-23(33)15-14-21-10-6-5-7-11-21)26(34)18-27(25)37-29(36)22(19-31)20-32/h3,5-8,10-11,16-17,22-27,31-34H,2,4,9,12-15,18-20H2,1H3,(H,30,35)/b8-3-,17-16+/t23-,24+,25+,26+,27-/m0/s1. The number of allylic oxidation sites excluding steroid dienone is 2.